The van der Waals surface area contributed by atoms with Gasteiger partial charge in [-0.05, 0) is 31.4 Å². The van der Waals surface area contributed by atoms with Crippen LogP contribution >= 0.6 is 0 Å². The number of hydrogen-bond acceptors (Lipinski definition) is 5. The first-order valence-electron chi connectivity index (χ1n) is 9.81. The topological polar surface area (TPSA) is 99.6 Å². The molecule has 0 spiro atoms. The maximum atomic E-state index is 11.3. The van der Waals surface area contributed by atoms with Crippen LogP contribution in [0.2, 0.25) is 0 Å². The Bertz CT molecular complexity index is 929. The van der Waals surface area contributed by atoms with Gasteiger partial charge in [0.1, 0.15) is 5.82 Å². The highest BCUT2D eigenvalue weighted by Gasteiger charge is 2.21. The van der Waals surface area contributed by atoms with Crippen molar-refractivity contribution in [2.24, 2.45) is 5.73 Å². The lowest BCUT2D eigenvalue weighted by molar-refractivity contribution is 0.100. The van der Waals surface area contributed by atoms with E-state index in [-0.39, 0.29) is 0 Å². The highest BCUT2D eigenvalue weighted by Crippen LogP contribution is 2.30. The number of primary amides is 1. The maximum Gasteiger partial charge on any atom is 0.248 e. The van der Waals surface area contributed by atoms with E-state index in [1.807, 2.05) is 12.1 Å². The highest BCUT2D eigenvalue weighted by atomic mass is 16.1. The van der Waals surface area contributed by atoms with Gasteiger partial charge < -0.3 is 5.73 Å². The van der Waals surface area contributed by atoms with Crippen molar-refractivity contribution >= 4 is 5.91 Å². The van der Waals surface area contributed by atoms with Crippen LogP contribution < -0.4 is 5.73 Å². The van der Waals surface area contributed by atoms with E-state index in [0.29, 0.717) is 17.4 Å². The highest BCUT2D eigenvalue weighted by molar-refractivity contribution is 5.93. The first-order chi connectivity index (χ1) is 13.7. The molecule has 2 N–H and O–H groups in total. The van der Waals surface area contributed by atoms with Crippen LogP contribution in [0.1, 0.15) is 60.0 Å². The summed E-state index contributed by atoms with van der Waals surface area (Å²) in [6.45, 7) is 0. The molecule has 4 rings (SSSR count). The zero-order valence-electron chi connectivity index (χ0n) is 15.8. The molecule has 7 nitrogen and oxygen atoms in total. The molecule has 7 heteroatoms. The summed E-state index contributed by atoms with van der Waals surface area (Å²) in [5.74, 6) is 1.24. The van der Waals surface area contributed by atoms with Crippen molar-refractivity contribution in [1.82, 2.24) is 24.7 Å². The molecule has 1 saturated carbocycles. The van der Waals surface area contributed by atoms with Crippen molar-refractivity contribution in [3.63, 3.8) is 0 Å². The van der Waals surface area contributed by atoms with E-state index in [4.69, 9.17) is 15.8 Å². The smallest absolute Gasteiger partial charge is 0.248 e. The second-order valence-corrected chi connectivity index (χ2v) is 7.23. The van der Waals surface area contributed by atoms with E-state index in [2.05, 4.69) is 14.6 Å². The lowest BCUT2D eigenvalue weighted by atomic mass is 9.95. The van der Waals surface area contributed by atoms with Crippen molar-refractivity contribution in [3.05, 3.63) is 59.9 Å². The molecule has 144 valence electrons. The normalized spacial score (nSPS) is 14.9. The molecule has 1 aromatic carbocycles. The van der Waals surface area contributed by atoms with Gasteiger partial charge in [-0.3, -0.25) is 14.8 Å². The summed E-state index contributed by atoms with van der Waals surface area (Å²) in [6, 6.07) is 7.55. The van der Waals surface area contributed by atoms with Crippen LogP contribution in [-0.2, 0) is 12.8 Å². The number of aryl methyl sites for hydroxylation is 2. The van der Waals surface area contributed by atoms with Crippen LogP contribution in [0, 0.1) is 0 Å². The predicted molar refractivity (Wildman–Crippen MR) is 106 cm³/mol. The molecule has 2 heterocycles. The molecule has 28 heavy (non-hydrogen) atoms. The maximum absolute atomic E-state index is 11.3. The second kappa shape index (κ2) is 8.29. The minimum Gasteiger partial charge on any atom is -0.366 e. The number of benzene rings is 1. The quantitative estimate of drug-likeness (QED) is 0.712. The fraction of sp³-hybridized carbons (Fsp3) is 0.381. The molecule has 0 radical (unpaired) electrons. The largest absolute Gasteiger partial charge is 0.366 e. The third-order valence-corrected chi connectivity index (χ3v) is 5.27. The van der Waals surface area contributed by atoms with Gasteiger partial charge in [0.2, 0.25) is 5.91 Å². The Morgan fingerprint density at radius 3 is 2.54 bits per heavy atom. The van der Waals surface area contributed by atoms with Crippen molar-refractivity contribution in [2.75, 3.05) is 0 Å². The molecule has 1 aliphatic rings. The number of hydrogen-bond donors (Lipinski definition) is 1. The Morgan fingerprint density at radius 2 is 1.86 bits per heavy atom. The monoisotopic (exact) mass is 376 g/mol. The van der Waals surface area contributed by atoms with E-state index in [1.54, 1.807) is 30.7 Å². The van der Waals surface area contributed by atoms with Gasteiger partial charge in [0, 0.05) is 36.1 Å². The van der Waals surface area contributed by atoms with Gasteiger partial charge in [-0.2, -0.15) is 5.10 Å². The second-order valence-electron chi connectivity index (χ2n) is 7.23. The third-order valence-electron chi connectivity index (χ3n) is 5.27. The van der Waals surface area contributed by atoms with Gasteiger partial charge in [0.15, 0.2) is 5.82 Å². The van der Waals surface area contributed by atoms with Gasteiger partial charge >= 0.3 is 0 Å². The molecule has 0 unspecified atom stereocenters. The molecule has 1 fully saturated rings. The fourth-order valence-electron chi connectivity index (χ4n) is 3.75. The van der Waals surface area contributed by atoms with E-state index < -0.39 is 5.91 Å². The number of amides is 1. The third kappa shape index (κ3) is 4.08. The molecule has 2 aromatic heterocycles. The first kappa shape index (κ1) is 18.3. The summed E-state index contributed by atoms with van der Waals surface area (Å²) >= 11 is 0. The molecular formula is C21H24N6O. The van der Waals surface area contributed by atoms with Crippen molar-refractivity contribution in [1.29, 1.82) is 0 Å². The van der Waals surface area contributed by atoms with Crippen LogP contribution in [0.3, 0.4) is 0 Å². The number of nitrogens with zero attached hydrogens (tertiary/aromatic N) is 5. The predicted octanol–water partition coefficient (Wildman–Crippen LogP) is 3.12. The summed E-state index contributed by atoms with van der Waals surface area (Å²) < 4.78 is 2.12. The van der Waals surface area contributed by atoms with Crippen LogP contribution in [0.15, 0.2) is 42.9 Å². The summed E-state index contributed by atoms with van der Waals surface area (Å²) in [5, 5.41) is 4.84. The molecule has 3 aromatic rings. The zero-order chi connectivity index (χ0) is 19.3. The molecule has 0 atom stereocenters. The molecule has 0 aliphatic heterocycles. The summed E-state index contributed by atoms with van der Waals surface area (Å²) in [5.41, 5.74) is 7.66. The molecule has 0 bridgehead atoms. The lowest BCUT2D eigenvalue weighted by Crippen LogP contribution is -2.17. The number of aromatic nitrogens is 5. The molecule has 1 aliphatic carbocycles. The van der Waals surface area contributed by atoms with Gasteiger partial charge in [0.05, 0.1) is 11.7 Å². The van der Waals surface area contributed by atoms with Crippen LogP contribution in [-0.4, -0.2) is 30.6 Å². The Balaban J connectivity index is 1.61. The first-order valence-corrected chi connectivity index (χ1v) is 9.81. The van der Waals surface area contributed by atoms with Gasteiger partial charge in [-0.1, -0.05) is 31.4 Å². The molecule has 1 amide bonds. The van der Waals surface area contributed by atoms with Gasteiger partial charge in [-0.25, -0.2) is 9.67 Å². The summed E-state index contributed by atoms with van der Waals surface area (Å²) in [7, 11) is 0. The van der Waals surface area contributed by atoms with E-state index in [0.717, 1.165) is 42.8 Å². The van der Waals surface area contributed by atoms with Crippen molar-refractivity contribution in [2.45, 2.75) is 51.0 Å². The Morgan fingerprint density at radius 1 is 1.07 bits per heavy atom. The van der Waals surface area contributed by atoms with Crippen LogP contribution in [0.4, 0.5) is 0 Å². The van der Waals surface area contributed by atoms with E-state index in [1.165, 1.54) is 19.3 Å². The van der Waals surface area contributed by atoms with Gasteiger partial charge in [0.25, 0.3) is 0 Å². The Hall–Kier alpha value is -3.09. The summed E-state index contributed by atoms with van der Waals surface area (Å²) in [4.78, 5) is 24.6. The SMILES string of the molecule is NC(=O)c1ccc(-c2nc(CCc3cnccn3)n(C3CCCCC3)n2)cc1. The number of carbonyl (C=O) groups excluding carboxylic acids is 1. The average Bonchev–Trinajstić information content (AvgIpc) is 3.18. The number of rotatable bonds is 6. The Labute approximate surface area is 164 Å². The molecular weight excluding hydrogens is 352 g/mol. The standard InChI is InChI=1S/C21H24N6O/c22-20(28)15-6-8-16(9-7-15)21-25-19(11-10-17-14-23-12-13-24-17)27(26-21)18-4-2-1-3-5-18/h6-9,12-14,18H,1-5,10-11H2,(H2,22,28). The van der Waals surface area contributed by atoms with Crippen LogP contribution in [0.25, 0.3) is 11.4 Å². The lowest BCUT2D eigenvalue weighted by Gasteiger charge is -2.23. The summed E-state index contributed by atoms with van der Waals surface area (Å²) in [6.07, 6.45) is 12.8. The fourth-order valence-corrected chi connectivity index (χ4v) is 3.75. The van der Waals surface area contributed by atoms with Crippen molar-refractivity contribution < 1.29 is 4.79 Å². The minimum absolute atomic E-state index is 0.400. The van der Waals surface area contributed by atoms with E-state index in [9.17, 15) is 4.79 Å². The number of carbonyl (C=O) groups is 1. The van der Waals surface area contributed by atoms with Crippen molar-refractivity contribution in [3.8, 4) is 11.4 Å². The average molecular weight is 376 g/mol. The Kier molecular flexibility index (Phi) is 5.41. The van der Waals surface area contributed by atoms with E-state index >= 15 is 0 Å². The molecule has 0 saturated heterocycles. The van der Waals surface area contributed by atoms with Gasteiger partial charge in [-0.15, -0.1) is 0 Å². The zero-order valence-corrected chi connectivity index (χ0v) is 15.8. The minimum atomic E-state index is -0.433. The number of nitrogens with two attached hydrogens (primary N) is 1. The van der Waals surface area contributed by atoms with Crippen LogP contribution in [0.5, 0.6) is 0 Å².